The van der Waals surface area contributed by atoms with Crippen LogP contribution in [0.4, 0.5) is 0 Å². The van der Waals surface area contributed by atoms with E-state index in [1.54, 1.807) is 0 Å². The minimum Gasteiger partial charge on any atom is -0.327 e. The highest BCUT2D eigenvalue weighted by atomic mass is 32.2. The van der Waals surface area contributed by atoms with Gasteiger partial charge in [-0.2, -0.15) is 0 Å². The number of thioether (sulfide) groups is 1. The summed E-state index contributed by atoms with van der Waals surface area (Å²) < 4.78 is 0. The van der Waals surface area contributed by atoms with Crippen molar-refractivity contribution in [1.82, 2.24) is 4.90 Å². The lowest BCUT2D eigenvalue weighted by Crippen LogP contribution is -2.34. The molecule has 96 valence electrons. The minimum absolute atomic E-state index is 0.253. The lowest BCUT2D eigenvalue weighted by molar-refractivity contribution is 0.321. The molecule has 0 radical (unpaired) electrons. The molecular formula is C14H24N2S. The summed E-state index contributed by atoms with van der Waals surface area (Å²) in [4.78, 5) is 3.65. The van der Waals surface area contributed by atoms with Crippen LogP contribution in [0.3, 0.4) is 0 Å². The number of hydrogen-bond acceptors (Lipinski definition) is 3. The molecule has 0 spiro atoms. The van der Waals surface area contributed by atoms with E-state index >= 15 is 0 Å². The summed E-state index contributed by atoms with van der Waals surface area (Å²) in [6.45, 7) is 6.26. The molecule has 1 rings (SSSR count). The Morgan fingerprint density at radius 2 is 1.94 bits per heavy atom. The maximum Gasteiger partial charge on any atom is 0.0139 e. The van der Waals surface area contributed by atoms with Gasteiger partial charge in [-0.25, -0.2) is 0 Å². The van der Waals surface area contributed by atoms with Crippen molar-refractivity contribution in [2.45, 2.75) is 31.2 Å². The molecule has 0 heterocycles. The van der Waals surface area contributed by atoms with Crippen LogP contribution in [0.5, 0.6) is 0 Å². The van der Waals surface area contributed by atoms with Crippen LogP contribution < -0.4 is 5.73 Å². The Morgan fingerprint density at radius 1 is 1.29 bits per heavy atom. The molecule has 0 aromatic heterocycles. The van der Waals surface area contributed by atoms with E-state index in [2.05, 4.69) is 43.1 Å². The van der Waals surface area contributed by atoms with E-state index in [-0.39, 0.29) is 6.04 Å². The smallest absolute Gasteiger partial charge is 0.0139 e. The number of rotatable bonds is 7. The molecule has 0 aliphatic carbocycles. The van der Waals surface area contributed by atoms with E-state index in [0.29, 0.717) is 0 Å². The number of likely N-dealkylation sites (N-methyl/N-ethyl adjacent to an activating group) is 1. The molecule has 1 unspecified atom stereocenters. The third-order valence-corrected chi connectivity index (χ3v) is 3.51. The Kier molecular flexibility index (Phi) is 6.63. The molecule has 17 heavy (non-hydrogen) atoms. The largest absolute Gasteiger partial charge is 0.327 e. The van der Waals surface area contributed by atoms with Gasteiger partial charge in [0.25, 0.3) is 0 Å². The highest BCUT2D eigenvalue weighted by molar-refractivity contribution is 7.99. The van der Waals surface area contributed by atoms with Crippen LogP contribution in [-0.2, 0) is 6.42 Å². The van der Waals surface area contributed by atoms with Crippen LogP contribution in [0, 0.1) is 0 Å². The third kappa shape index (κ3) is 6.10. The maximum absolute atomic E-state index is 5.77. The first-order valence-electron chi connectivity index (χ1n) is 6.27. The van der Waals surface area contributed by atoms with Gasteiger partial charge in [0.1, 0.15) is 0 Å². The quantitative estimate of drug-likeness (QED) is 0.756. The Labute approximate surface area is 110 Å². The second kappa shape index (κ2) is 7.75. The first kappa shape index (κ1) is 14.6. The van der Waals surface area contributed by atoms with Crippen molar-refractivity contribution >= 4 is 11.8 Å². The van der Waals surface area contributed by atoms with E-state index in [1.165, 1.54) is 10.5 Å². The Balaban J connectivity index is 2.36. The van der Waals surface area contributed by atoms with Crippen molar-refractivity contribution in [3.8, 4) is 0 Å². The molecule has 1 atom stereocenters. The summed E-state index contributed by atoms with van der Waals surface area (Å²) >= 11 is 1.89. The molecule has 0 aliphatic rings. The Hall–Kier alpha value is -0.510. The van der Waals surface area contributed by atoms with Crippen molar-refractivity contribution in [2.75, 3.05) is 25.9 Å². The summed E-state index contributed by atoms with van der Waals surface area (Å²) in [6, 6.07) is 9.16. The van der Waals surface area contributed by atoms with Gasteiger partial charge in [-0.3, -0.25) is 0 Å². The topological polar surface area (TPSA) is 29.3 Å². The van der Waals surface area contributed by atoms with E-state index in [1.807, 2.05) is 18.7 Å². The fraction of sp³-hybridized carbons (Fsp3) is 0.571. The van der Waals surface area contributed by atoms with Gasteiger partial charge in [-0.1, -0.05) is 19.1 Å². The SMILES string of the molecule is CCSc1ccc(CCN(C)CC(C)N)cc1. The summed E-state index contributed by atoms with van der Waals surface area (Å²) in [7, 11) is 2.13. The fourth-order valence-corrected chi connectivity index (χ4v) is 2.48. The average molecular weight is 252 g/mol. The number of hydrogen-bond donors (Lipinski definition) is 1. The predicted molar refractivity (Wildman–Crippen MR) is 77.7 cm³/mol. The second-order valence-electron chi connectivity index (χ2n) is 4.57. The Bertz CT molecular complexity index is 309. The average Bonchev–Trinajstić information content (AvgIpc) is 2.28. The van der Waals surface area contributed by atoms with Crippen LogP contribution in [-0.4, -0.2) is 36.8 Å². The molecule has 2 nitrogen and oxygen atoms in total. The maximum atomic E-state index is 5.77. The fourth-order valence-electron chi connectivity index (χ4n) is 1.82. The van der Waals surface area contributed by atoms with Gasteiger partial charge in [-0.15, -0.1) is 11.8 Å². The monoisotopic (exact) mass is 252 g/mol. The van der Waals surface area contributed by atoms with Crippen LogP contribution in [0.1, 0.15) is 19.4 Å². The van der Waals surface area contributed by atoms with Crippen LogP contribution in [0.2, 0.25) is 0 Å². The molecule has 3 heteroatoms. The van der Waals surface area contributed by atoms with Crippen molar-refractivity contribution in [2.24, 2.45) is 5.73 Å². The van der Waals surface area contributed by atoms with E-state index in [9.17, 15) is 0 Å². The summed E-state index contributed by atoms with van der Waals surface area (Å²) in [5, 5.41) is 0. The van der Waals surface area contributed by atoms with Crippen molar-refractivity contribution < 1.29 is 0 Å². The summed E-state index contributed by atoms with van der Waals surface area (Å²) in [6.07, 6.45) is 1.10. The van der Waals surface area contributed by atoms with Crippen LogP contribution in [0.25, 0.3) is 0 Å². The predicted octanol–water partition coefficient (Wildman–Crippen LogP) is 2.62. The van der Waals surface area contributed by atoms with Gasteiger partial charge in [0.05, 0.1) is 0 Å². The van der Waals surface area contributed by atoms with Crippen molar-refractivity contribution in [3.05, 3.63) is 29.8 Å². The van der Waals surface area contributed by atoms with Gasteiger partial charge in [-0.05, 0) is 43.8 Å². The van der Waals surface area contributed by atoms with Gasteiger partial charge in [0.15, 0.2) is 0 Å². The molecule has 1 aromatic rings. The molecule has 0 bridgehead atoms. The highest BCUT2D eigenvalue weighted by Crippen LogP contribution is 2.17. The van der Waals surface area contributed by atoms with Gasteiger partial charge in [0.2, 0.25) is 0 Å². The van der Waals surface area contributed by atoms with Crippen molar-refractivity contribution in [3.63, 3.8) is 0 Å². The lowest BCUT2D eigenvalue weighted by atomic mass is 10.1. The first-order chi connectivity index (χ1) is 8.11. The number of benzene rings is 1. The van der Waals surface area contributed by atoms with Crippen molar-refractivity contribution in [1.29, 1.82) is 0 Å². The van der Waals surface area contributed by atoms with Gasteiger partial charge < -0.3 is 10.6 Å². The second-order valence-corrected chi connectivity index (χ2v) is 5.90. The zero-order valence-corrected chi connectivity index (χ0v) is 12.0. The minimum atomic E-state index is 0.253. The standard InChI is InChI=1S/C14H24N2S/c1-4-17-14-7-5-13(6-8-14)9-10-16(3)11-12(2)15/h5-8,12H,4,9-11,15H2,1-3H3. The molecule has 0 saturated heterocycles. The number of nitrogens with zero attached hydrogens (tertiary/aromatic N) is 1. The molecule has 0 aliphatic heterocycles. The molecular weight excluding hydrogens is 228 g/mol. The normalized spacial score (nSPS) is 13.0. The molecule has 0 amide bonds. The van der Waals surface area contributed by atoms with Crippen LogP contribution >= 0.6 is 11.8 Å². The van der Waals surface area contributed by atoms with E-state index < -0.39 is 0 Å². The molecule has 2 N–H and O–H groups in total. The summed E-state index contributed by atoms with van der Waals surface area (Å²) in [5.74, 6) is 1.14. The third-order valence-electron chi connectivity index (χ3n) is 2.62. The zero-order valence-electron chi connectivity index (χ0n) is 11.1. The van der Waals surface area contributed by atoms with E-state index in [4.69, 9.17) is 5.73 Å². The molecule has 0 saturated carbocycles. The highest BCUT2D eigenvalue weighted by Gasteiger charge is 2.02. The Morgan fingerprint density at radius 3 is 2.47 bits per heavy atom. The summed E-state index contributed by atoms with van der Waals surface area (Å²) in [5.41, 5.74) is 7.18. The van der Waals surface area contributed by atoms with Gasteiger partial charge in [0, 0.05) is 24.0 Å². The van der Waals surface area contributed by atoms with E-state index in [0.717, 1.165) is 25.3 Å². The first-order valence-corrected chi connectivity index (χ1v) is 7.26. The number of nitrogens with two attached hydrogens (primary N) is 1. The molecule has 0 fully saturated rings. The zero-order chi connectivity index (χ0) is 12.7. The van der Waals surface area contributed by atoms with Crippen LogP contribution in [0.15, 0.2) is 29.2 Å². The van der Waals surface area contributed by atoms with Gasteiger partial charge >= 0.3 is 0 Å². The lowest BCUT2D eigenvalue weighted by Gasteiger charge is -2.18. The molecule has 1 aromatic carbocycles.